The Morgan fingerprint density at radius 1 is 0.800 bits per heavy atom. The summed E-state index contributed by atoms with van der Waals surface area (Å²) in [5, 5.41) is 0. The van der Waals surface area contributed by atoms with Gasteiger partial charge in [0.15, 0.2) is 0 Å². The van der Waals surface area contributed by atoms with Crippen LogP contribution in [0.25, 0.3) is 0 Å². The molecule has 1 fully saturated rings. The maximum absolute atomic E-state index is 12.2. The van der Waals surface area contributed by atoms with Gasteiger partial charge in [-0.1, -0.05) is 0 Å². The highest BCUT2D eigenvalue weighted by molar-refractivity contribution is 4.80. The zero-order valence-corrected chi connectivity index (χ0v) is 11.4. The van der Waals surface area contributed by atoms with Gasteiger partial charge in [-0.2, -0.15) is 26.3 Å². The lowest BCUT2D eigenvalue weighted by Crippen LogP contribution is -2.29. The van der Waals surface area contributed by atoms with Crippen LogP contribution in [0.4, 0.5) is 26.3 Å². The molecule has 0 aromatic rings. The Hall–Kier alpha value is -0.460. The van der Waals surface area contributed by atoms with Gasteiger partial charge >= 0.3 is 12.4 Å². The fraction of sp³-hybridized carbons (Fsp3) is 1.00. The number of hydrogen-bond donors (Lipinski definition) is 0. The van der Waals surface area contributed by atoms with Crippen molar-refractivity contribution < 1.29 is 31.1 Å². The van der Waals surface area contributed by atoms with E-state index >= 15 is 0 Å². The Morgan fingerprint density at radius 2 is 1.20 bits per heavy atom. The molecule has 0 aromatic heterocycles. The summed E-state index contributed by atoms with van der Waals surface area (Å²) >= 11 is 0. The topological polar surface area (TPSA) is 9.23 Å². The number of rotatable bonds is 5. The van der Waals surface area contributed by atoms with E-state index in [-0.39, 0.29) is 30.8 Å². The van der Waals surface area contributed by atoms with E-state index in [1.54, 1.807) is 0 Å². The SMILES string of the molecule is COC1CC(CCC(F)(F)F)CC(CCC(F)(F)F)C1. The summed E-state index contributed by atoms with van der Waals surface area (Å²) in [5.41, 5.74) is 0. The Morgan fingerprint density at radius 3 is 1.50 bits per heavy atom. The first-order valence-corrected chi connectivity index (χ1v) is 6.75. The number of methoxy groups -OCH3 is 1. The number of alkyl halides is 6. The van der Waals surface area contributed by atoms with Gasteiger partial charge in [0.25, 0.3) is 0 Å². The van der Waals surface area contributed by atoms with Gasteiger partial charge < -0.3 is 4.74 Å². The predicted molar refractivity (Wildman–Crippen MR) is 62.2 cm³/mol. The molecule has 0 amide bonds. The monoisotopic (exact) mass is 306 g/mol. The minimum atomic E-state index is -4.21. The molecule has 2 atom stereocenters. The molecule has 2 unspecified atom stereocenters. The average Bonchev–Trinajstić information content (AvgIpc) is 2.32. The van der Waals surface area contributed by atoms with Gasteiger partial charge in [-0.05, 0) is 43.9 Å². The summed E-state index contributed by atoms with van der Waals surface area (Å²) in [5.74, 6) is -0.401. The van der Waals surface area contributed by atoms with E-state index in [0.29, 0.717) is 19.3 Å². The highest BCUT2D eigenvalue weighted by atomic mass is 19.4. The van der Waals surface area contributed by atoms with Crippen LogP contribution < -0.4 is 0 Å². The molecule has 0 radical (unpaired) electrons. The van der Waals surface area contributed by atoms with Crippen molar-refractivity contribution in [1.29, 1.82) is 0 Å². The molecule has 1 saturated carbocycles. The second kappa shape index (κ2) is 7.00. The molecule has 1 aliphatic carbocycles. The third-order valence-electron chi connectivity index (χ3n) is 3.86. The van der Waals surface area contributed by atoms with Crippen LogP contribution in [-0.4, -0.2) is 25.6 Å². The van der Waals surface area contributed by atoms with E-state index in [4.69, 9.17) is 4.74 Å². The standard InChI is InChI=1S/C13H20F6O/c1-20-11-7-9(2-4-12(14,15)16)6-10(8-11)3-5-13(17,18)19/h9-11H,2-8H2,1H3. The van der Waals surface area contributed by atoms with Gasteiger partial charge in [0.05, 0.1) is 6.10 Å². The van der Waals surface area contributed by atoms with Crippen LogP contribution in [0.15, 0.2) is 0 Å². The lowest BCUT2D eigenvalue weighted by atomic mass is 9.76. The van der Waals surface area contributed by atoms with Crippen molar-refractivity contribution in [2.45, 2.75) is 63.4 Å². The first-order chi connectivity index (χ1) is 9.09. The molecule has 0 N–H and O–H groups in total. The minimum Gasteiger partial charge on any atom is -0.381 e. The summed E-state index contributed by atoms with van der Waals surface area (Å²) < 4.78 is 78.4. The molecule has 0 spiro atoms. The first kappa shape index (κ1) is 17.6. The molecule has 0 aliphatic heterocycles. The Kier molecular flexibility index (Phi) is 6.16. The summed E-state index contributed by atoms with van der Waals surface area (Å²) in [7, 11) is 1.46. The molecule has 7 heteroatoms. The predicted octanol–water partition coefficient (Wildman–Crippen LogP) is 5.10. The molecule has 0 aromatic carbocycles. The van der Waals surface area contributed by atoms with Gasteiger partial charge in [-0.15, -0.1) is 0 Å². The van der Waals surface area contributed by atoms with Crippen LogP contribution in [0.5, 0.6) is 0 Å². The highest BCUT2D eigenvalue weighted by Crippen LogP contribution is 2.39. The summed E-state index contributed by atoms with van der Waals surface area (Å²) in [6.45, 7) is 0. The molecule has 120 valence electrons. The Labute approximate surface area is 114 Å². The molecule has 1 aliphatic rings. The van der Waals surface area contributed by atoms with E-state index in [0.717, 1.165) is 0 Å². The van der Waals surface area contributed by atoms with Crippen LogP contribution in [0, 0.1) is 11.8 Å². The van der Waals surface area contributed by atoms with Crippen LogP contribution in [-0.2, 0) is 4.74 Å². The van der Waals surface area contributed by atoms with Gasteiger partial charge in [-0.3, -0.25) is 0 Å². The number of halogens is 6. The maximum atomic E-state index is 12.2. The number of ether oxygens (including phenoxy) is 1. The summed E-state index contributed by atoms with van der Waals surface area (Å²) in [6, 6.07) is 0. The Bertz CT molecular complexity index is 260. The van der Waals surface area contributed by atoms with Crippen LogP contribution in [0.1, 0.15) is 44.9 Å². The molecule has 0 saturated heterocycles. The lowest BCUT2D eigenvalue weighted by Gasteiger charge is -2.34. The van der Waals surface area contributed by atoms with Crippen molar-refractivity contribution in [3.63, 3.8) is 0 Å². The quantitative estimate of drug-likeness (QED) is 0.642. The fourth-order valence-electron chi connectivity index (χ4n) is 2.90. The van der Waals surface area contributed by atoms with E-state index in [1.807, 2.05) is 0 Å². The largest absolute Gasteiger partial charge is 0.389 e. The fourth-order valence-corrected chi connectivity index (χ4v) is 2.90. The van der Waals surface area contributed by atoms with Gasteiger partial charge in [0, 0.05) is 20.0 Å². The van der Waals surface area contributed by atoms with E-state index in [1.165, 1.54) is 7.11 Å². The molecule has 0 bridgehead atoms. The van der Waals surface area contributed by atoms with Crippen molar-refractivity contribution in [2.24, 2.45) is 11.8 Å². The zero-order valence-electron chi connectivity index (χ0n) is 11.4. The van der Waals surface area contributed by atoms with Gasteiger partial charge in [0.2, 0.25) is 0 Å². The van der Waals surface area contributed by atoms with Gasteiger partial charge in [0.1, 0.15) is 0 Å². The molecular formula is C13H20F6O. The highest BCUT2D eigenvalue weighted by Gasteiger charge is 2.35. The van der Waals surface area contributed by atoms with Crippen molar-refractivity contribution in [3.05, 3.63) is 0 Å². The van der Waals surface area contributed by atoms with E-state index in [2.05, 4.69) is 0 Å². The third kappa shape index (κ3) is 7.36. The zero-order chi connectivity index (χ0) is 15.4. The third-order valence-corrected chi connectivity index (χ3v) is 3.86. The Balaban J connectivity index is 2.47. The molecular weight excluding hydrogens is 286 g/mol. The second-order valence-corrected chi connectivity index (χ2v) is 5.60. The summed E-state index contributed by atoms with van der Waals surface area (Å²) in [4.78, 5) is 0. The van der Waals surface area contributed by atoms with Crippen LogP contribution >= 0.6 is 0 Å². The average molecular weight is 306 g/mol. The smallest absolute Gasteiger partial charge is 0.381 e. The normalized spacial score (nSPS) is 28.6. The van der Waals surface area contributed by atoms with Crippen molar-refractivity contribution in [1.82, 2.24) is 0 Å². The van der Waals surface area contributed by atoms with E-state index in [9.17, 15) is 26.3 Å². The molecule has 1 nitrogen and oxygen atoms in total. The maximum Gasteiger partial charge on any atom is 0.389 e. The molecule has 0 heterocycles. The van der Waals surface area contributed by atoms with Crippen molar-refractivity contribution in [3.8, 4) is 0 Å². The number of hydrogen-bond acceptors (Lipinski definition) is 1. The van der Waals surface area contributed by atoms with Crippen molar-refractivity contribution in [2.75, 3.05) is 7.11 Å². The lowest BCUT2D eigenvalue weighted by molar-refractivity contribution is -0.142. The van der Waals surface area contributed by atoms with Crippen LogP contribution in [0.3, 0.4) is 0 Å². The van der Waals surface area contributed by atoms with Gasteiger partial charge in [-0.25, -0.2) is 0 Å². The van der Waals surface area contributed by atoms with Crippen molar-refractivity contribution >= 4 is 0 Å². The second-order valence-electron chi connectivity index (χ2n) is 5.60. The summed E-state index contributed by atoms with van der Waals surface area (Å²) in [6.07, 6.45) is -8.97. The minimum absolute atomic E-state index is 0.0219. The van der Waals surface area contributed by atoms with E-state index < -0.39 is 25.2 Å². The molecule has 1 rings (SSSR count). The first-order valence-electron chi connectivity index (χ1n) is 6.75. The van der Waals surface area contributed by atoms with Crippen LogP contribution in [0.2, 0.25) is 0 Å². The molecule has 20 heavy (non-hydrogen) atoms.